The number of nitrogen functional groups attached to an aromatic ring is 1. The molecule has 0 bridgehead atoms. The van der Waals surface area contributed by atoms with Gasteiger partial charge in [0.05, 0.1) is 11.9 Å². The summed E-state index contributed by atoms with van der Waals surface area (Å²) in [7, 11) is 3.29. The van der Waals surface area contributed by atoms with Crippen molar-refractivity contribution in [1.29, 1.82) is 0 Å². The number of ketones is 2. The smallest absolute Gasteiger partial charge is 0.332 e. The molecule has 2 atom stereocenters. The maximum atomic E-state index is 12.7. The van der Waals surface area contributed by atoms with Crippen LogP contribution < -0.4 is 17.0 Å². The number of phenolic OH excluding ortho intramolecular Hbond substituents is 1. The third-order valence-corrected chi connectivity index (χ3v) is 6.57. The van der Waals surface area contributed by atoms with E-state index in [0.717, 1.165) is 0 Å². The van der Waals surface area contributed by atoms with Gasteiger partial charge < -0.3 is 15.4 Å². The van der Waals surface area contributed by atoms with Gasteiger partial charge in [-0.2, -0.15) is 0 Å². The van der Waals surface area contributed by atoms with Crippen molar-refractivity contribution in [3.63, 3.8) is 0 Å². The molecule has 35 heavy (non-hydrogen) atoms. The van der Waals surface area contributed by atoms with Crippen LogP contribution in [0.15, 0.2) is 34.1 Å². The fraction of sp³-hybridized carbons (Fsp3) is 0.480. The van der Waals surface area contributed by atoms with E-state index in [1.54, 1.807) is 31.7 Å². The first-order valence-electron chi connectivity index (χ1n) is 11.8. The Morgan fingerprint density at radius 1 is 1.09 bits per heavy atom. The minimum Gasteiger partial charge on any atom is -0.507 e. The van der Waals surface area contributed by atoms with Crippen LogP contribution in [0, 0.1) is 11.8 Å². The first-order valence-corrected chi connectivity index (χ1v) is 11.8. The zero-order valence-corrected chi connectivity index (χ0v) is 20.7. The molecule has 2 heterocycles. The van der Waals surface area contributed by atoms with Crippen molar-refractivity contribution >= 4 is 28.4 Å². The van der Waals surface area contributed by atoms with Crippen LogP contribution in [-0.2, 0) is 25.4 Å². The van der Waals surface area contributed by atoms with Crippen molar-refractivity contribution in [2.24, 2.45) is 25.9 Å². The number of imidazole rings is 1. The number of aryl methyl sites for hydroxylation is 2. The molecule has 2 aromatic heterocycles. The van der Waals surface area contributed by atoms with E-state index in [0.29, 0.717) is 49.0 Å². The minimum absolute atomic E-state index is 0.0855. The maximum absolute atomic E-state index is 12.7. The molecule has 0 saturated heterocycles. The van der Waals surface area contributed by atoms with Crippen LogP contribution in [0.2, 0.25) is 0 Å². The Kier molecular flexibility index (Phi) is 7.93. The lowest BCUT2D eigenvalue weighted by molar-refractivity contribution is -0.122. The van der Waals surface area contributed by atoms with Crippen molar-refractivity contribution < 1.29 is 14.7 Å². The summed E-state index contributed by atoms with van der Waals surface area (Å²) in [5, 5.41) is 9.98. The molecular weight excluding hydrogens is 450 g/mol. The molecule has 10 heteroatoms. The number of hydrogen-bond acceptors (Lipinski definition) is 7. The van der Waals surface area contributed by atoms with E-state index in [1.807, 2.05) is 6.92 Å². The average molecular weight is 484 g/mol. The number of carbonyl (C=O) groups is 2. The second kappa shape index (κ2) is 10.7. The molecule has 0 fully saturated rings. The van der Waals surface area contributed by atoms with Gasteiger partial charge in [-0.05, 0) is 37.8 Å². The van der Waals surface area contributed by atoms with E-state index >= 15 is 0 Å². The quantitative estimate of drug-likeness (QED) is 0.242. The van der Waals surface area contributed by atoms with Gasteiger partial charge >= 0.3 is 5.69 Å². The van der Waals surface area contributed by atoms with Gasteiger partial charge in [-0.15, -0.1) is 0 Å². The highest BCUT2D eigenvalue weighted by Gasteiger charge is 2.21. The molecular formula is C25H33N5O5. The van der Waals surface area contributed by atoms with E-state index in [1.165, 1.54) is 27.6 Å². The summed E-state index contributed by atoms with van der Waals surface area (Å²) in [4.78, 5) is 54.6. The molecule has 3 N–H and O–H groups in total. The summed E-state index contributed by atoms with van der Waals surface area (Å²) >= 11 is 0. The Morgan fingerprint density at radius 2 is 1.77 bits per heavy atom. The van der Waals surface area contributed by atoms with Gasteiger partial charge in [0.2, 0.25) is 0 Å². The minimum atomic E-state index is -0.424. The van der Waals surface area contributed by atoms with Gasteiger partial charge in [-0.1, -0.05) is 13.8 Å². The fourth-order valence-electron chi connectivity index (χ4n) is 4.22. The summed E-state index contributed by atoms with van der Waals surface area (Å²) in [6.07, 6.45) is 3.98. The molecule has 3 aromatic rings. The molecule has 0 radical (unpaired) electrons. The van der Waals surface area contributed by atoms with Crippen molar-refractivity contribution in [2.45, 2.75) is 52.5 Å². The number of nitrogens with two attached hydrogens (primary N) is 1. The lowest BCUT2D eigenvalue weighted by Gasteiger charge is -2.15. The molecule has 3 rings (SSSR count). The molecule has 0 aliphatic rings. The predicted molar refractivity (Wildman–Crippen MR) is 133 cm³/mol. The Labute approximate surface area is 203 Å². The number of unbranched alkanes of at least 4 members (excludes halogenated alkanes) is 1. The third kappa shape index (κ3) is 5.52. The number of rotatable bonds is 11. The maximum Gasteiger partial charge on any atom is 0.332 e. The SMILES string of the molecule is CC(CCC(C)C(=O)c1ccc(N)cc1O)C(=O)CCCCn1c(=O)c2c(ncn2C)n(C)c1=O. The molecule has 10 nitrogen and oxygen atoms in total. The van der Waals surface area contributed by atoms with E-state index < -0.39 is 5.69 Å². The van der Waals surface area contributed by atoms with Gasteiger partial charge in [-0.25, -0.2) is 9.78 Å². The van der Waals surface area contributed by atoms with Crippen LogP contribution in [0.3, 0.4) is 0 Å². The van der Waals surface area contributed by atoms with Crippen LogP contribution in [-0.4, -0.2) is 35.4 Å². The van der Waals surface area contributed by atoms with E-state index in [4.69, 9.17) is 5.73 Å². The van der Waals surface area contributed by atoms with E-state index in [9.17, 15) is 24.3 Å². The van der Waals surface area contributed by atoms with Crippen LogP contribution >= 0.6 is 0 Å². The molecule has 0 aliphatic heterocycles. The summed E-state index contributed by atoms with van der Waals surface area (Å²) in [5.41, 5.74) is 6.15. The highest BCUT2D eigenvalue weighted by Crippen LogP contribution is 2.25. The largest absolute Gasteiger partial charge is 0.507 e. The van der Waals surface area contributed by atoms with Crippen LogP contribution in [0.4, 0.5) is 5.69 Å². The zero-order chi connectivity index (χ0) is 25.9. The van der Waals surface area contributed by atoms with Crippen LogP contribution in [0.5, 0.6) is 5.75 Å². The van der Waals surface area contributed by atoms with Gasteiger partial charge in [-0.3, -0.25) is 23.5 Å². The van der Waals surface area contributed by atoms with Crippen molar-refractivity contribution in [3.8, 4) is 5.75 Å². The number of hydrogen-bond donors (Lipinski definition) is 2. The Hall–Kier alpha value is -3.69. The molecule has 1 aromatic carbocycles. The highest BCUT2D eigenvalue weighted by molar-refractivity contribution is 6.00. The Bertz CT molecular complexity index is 1370. The first-order chi connectivity index (χ1) is 16.5. The average Bonchev–Trinajstić information content (AvgIpc) is 3.21. The van der Waals surface area contributed by atoms with Crippen molar-refractivity contribution in [1.82, 2.24) is 18.7 Å². The molecule has 2 unspecified atom stereocenters. The highest BCUT2D eigenvalue weighted by atomic mass is 16.3. The van der Waals surface area contributed by atoms with Crippen LogP contribution in [0.25, 0.3) is 11.2 Å². The Balaban J connectivity index is 1.50. The van der Waals surface area contributed by atoms with Gasteiger partial charge in [0.25, 0.3) is 5.56 Å². The normalized spacial score (nSPS) is 13.1. The topological polar surface area (TPSA) is 142 Å². The second-order valence-corrected chi connectivity index (χ2v) is 9.27. The summed E-state index contributed by atoms with van der Waals surface area (Å²) in [5.74, 6) is -0.791. The number of benzene rings is 1. The molecule has 0 spiro atoms. The lowest BCUT2D eigenvalue weighted by atomic mass is 9.89. The monoisotopic (exact) mass is 483 g/mol. The van der Waals surface area contributed by atoms with Gasteiger partial charge in [0.15, 0.2) is 16.9 Å². The summed E-state index contributed by atoms with van der Waals surface area (Å²) in [6.45, 7) is 3.86. The third-order valence-electron chi connectivity index (χ3n) is 6.57. The van der Waals surface area contributed by atoms with Gasteiger partial charge in [0, 0.05) is 50.7 Å². The number of nitrogens with zero attached hydrogens (tertiary/aromatic N) is 4. The van der Waals surface area contributed by atoms with E-state index in [2.05, 4.69) is 4.98 Å². The molecule has 188 valence electrons. The first kappa shape index (κ1) is 25.9. The zero-order valence-electron chi connectivity index (χ0n) is 20.7. The van der Waals surface area contributed by atoms with Crippen molar-refractivity contribution in [2.75, 3.05) is 5.73 Å². The number of anilines is 1. The number of fused-ring (bicyclic) bond motifs is 1. The predicted octanol–water partition coefficient (Wildman–Crippen LogP) is 2.40. The standard InChI is InChI=1S/C25H33N5O5/c1-15(8-9-16(2)22(33)18-11-10-17(26)13-20(18)32)19(31)7-5-6-12-30-24(34)21-23(27-14-28(21)3)29(4)25(30)35/h10-11,13-16,32H,5-9,12,26H2,1-4H3. The van der Waals surface area contributed by atoms with E-state index in [-0.39, 0.29) is 46.8 Å². The number of phenols is 1. The number of aromatic hydroxyl groups is 1. The molecule has 0 saturated carbocycles. The Morgan fingerprint density at radius 3 is 2.46 bits per heavy atom. The van der Waals surface area contributed by atoms with Gasteiger partial charge in [0.1, 0.15) is 11.5 Å². The number of Topliss-reactive ketones (excluding diaryl/α,β-unsaturated/α-hetero) is 2. The lowest BCUT2D eigenvalue weighted by Crippen LogP contribution is -2.39. The fourth-order valence-corrected chi connectivity index (χ4v) is 4.22. The van der Waals surface area contributed by atoms with Crippen molar-refractivity contribution in [3.05, 3.63) is 50.9 Å². The second-order valence-electron chi connectivity index (χ2n) is 9.27. The number of carbonyl (C=O) groups excluding carboxylic acids is 2. The summed E-state index contributed by atoms with van der Waals surface area (Å²) < 4.78 is 4.15. The summed E-state index contributed by atoms with van der Waals surface area (Å²) in [6, 6.07) is 4.44. The van der Waals surface area contributed by atoms with Crippen LogP contribution in [0.1, 0.15) is 56.3 Å². The number of aromatic nitrogens is 4. The molecule has 0 amide bonds. The molecule has 0 aliphatic carbocycles.